The van der Waals surface area contributed by atoms with E-state index in [0.717, 1.165) is 130 Å². The first-order valence-corrected chi connectivity index (χ1v) is 26.0. The maximum Gasteiger partial charge on any atom is 0.163 e. The molecule has 0 saturated carbocycles. The molecule has 3 aromatic heterocycles. The molecule has 0 spiro atoms. The number of rotatable bonds is 9. The van der Waals surface area contributed by atoms with Gasteiger partial charge in [0.05, 0.1) is 28.0 Å². The molecule has 0 fully saturated rings. The number of aromatic nitrogens is 3. The fraction of sp³-hybridized carbons (Fsp3) is 0.206. The molecule has 8 aromatic carbocycles. The SMILES string of the molecule is Cc1cc(-c2cccc(-c3cc(C(C)C)cc(C(C)C)c3)c2-c2[c-]c(-c3cccc4c3nc(-c3ccc5c(n3)-c3c(O)cccc3CC5)n4-c3c(C)cccc3C)cc3c2oc2ccccc23)cc(C(C)C)c1.[Pt]. The van der Waals surface area contributed by atoms with Crippen LogP contribution in [0.2, 0.25) is 0 Å². The number of hydrogen-bond donors (Lipinski definition) is 1. The Morgan fingerprint density at radius 3 is 1.91 bits per heavy atom. The Morgan fingerprint density at radius 2 is 1.19 bits per heavy atom. The van der Waals surface area contributed by atoms with Gasteiger partial charge in [0.25, 0.3) is 0 Å². The first kappa shape index (κ1) is 48.9. The molecule has 11 aromatic rings. The molecule has 1 N–H and O–H groups in total. The quantitative estimate of drug-likeness (QED) is 0.146. The van der Waals surface area contributed by atoms with Crippen molar-refractivity contribution in [3.8, 4) is 78.7 Å². The van der Waals surface area contributed by atoms with Gasteiger partial charge in [-0.05, 0) is 142 Å². The zero-order chi connectivity index (χ0) is 50.4. The number of fused-ring (bicyclic) bond motifs is 7. The number of benzene rings is 8. The second-order valence-electron chi connectivity index (χ2n) is 21.3. The van der Waals surface area contributed by atoms with Crippen LogP contribution in [-0.4, -0.2) is 19.6 Å². The topological polar surface area (TPSA) is 64.1 Å². The van der Waals surface area contributed by atoms with Gasteiger partial charge in [0.15, 0.2) is 5.82 Å². The Labute approximate surface area is 449 Å². The van der Waals surface area contributed by atoms with Gasteiger partial charge >= 0.3 is 0 Å². The van der Waals surface area contributed by atoms with Gasteiger partial charge in [-0.15, -0.1) is 17.7 Å². The fourth-order valence-corrected chi connectivity index (χ4v) is 11.4. The molecule has 0 saturated heterocycles. The van der Waals surface area contributed by atoms with Crippen LogP contribution >= 0.6 is 0 Å². The van der Waals surface area contributed by atoms with Gasteiger partial charge < -0.3 is 9.52 Å². The summed E-state index contributed by atoms with van der Waals surface area (Å²) in [6.07, 6.45) is 1.71. The maximum absolute atomic E-state index is 11.3. The summed E-state index contributed by atoms with van der Waals surface area (Å²) in [5.74, 6) is 2.03. The average Bonchev–Trinajstić information content (AvgIpc) is 3.96. The van der Waals surface area contributed by atoms with E-state index in [1.165, 1.54) is 33.4 Å². The number of para-hydroxylation sites is 3. The number of hydrogen-bond acceptors (Lipinski definition) is 4. The smallest absolute Gasteiger partial charge is 0.163 e. The molecular formula is C68H60N3O2Pt-. The van der Waals surface area contributed by atoms with Crippen molar-refractivity contribution in [2.75, 3.05) is 0 Å². The number of nitrogens with zero attached hydrogens (tertiary/aromatic N) is 3. The Hall–Kier alpha value is -7.33. The second-order valence-corrected chi connectivity index (χ2v) is 21.3. The van der Waals surface area contributed by atoms with E-state index < -0.39 is 0 Å². The molecule has 74 heavy (non-hydrogen) atoms. The molecular weight excluding hydrogens is 1090 g/mol. The van der Waals surface area contributed by atoms with Crippen molar-refractivity contribution in [1.29, 1.82) is 0 Å². The van der Waals surface area contributed by atoms with E-state index >= 15 is 0 Å². The van der Waals surface area contributed by atoms with Gasteiger partial charge in [-0.25, -0.2) is 9.97 Å². The van der Waals surface area contributed by atoms with Gasteiger partial charge in [0, 0.05) is 32.0 Å². The van der Waals surface area contributed by atoms with Crippen molar-refractivity contribution >= 4 is 33.0 Å². The Bertz CT molecular complexity index is 3970. The summed E-state index contributed by atoms with van der Waals surface area (Å²) in [6, 6.07) is 58.8. The van der Waals surface area contributed by atoms with E-state index in [1.807, 2.05) is 6.07 Å². The van der Waals surface area contributed by atoms with Crippen LogP contribution in [0.5, 0.6) is 5.75 Å². The normalized spacial score (nSPS) is 12.3. The standard InChI is InChI=1S/C68H60N3O2.Pt/c1-38(2)46-30-41(7)31-49(33-46)52-20-14-21-53(50-34-47(39(3)4)32-48(35-50)40(5)6)63(52)57-37-51(36-56-55-19-10-11-25-61(55)73-67(56)57)54-22-15-23-59-65(54)70-68(71(59)66-42(8)16-12-17-43(66)9)58-29-28-45-27-26-44-18-13-24-60(72)62(44)64(45)69-58;/h10-25,28-36,38-40,72H,26-27H2,1-9H3;/q-1;. The zero-order valence-electron chi connectivity index (χ0n) is 43.6. The number of aryl methyl sites for hydroxylation is 5. The Morgan fingerprint density at radius 1 is 0.568 bits per heavy atom. The van der Waals surface area contributed by atoms with E-state index in [1.54, 1.807) is 6.07 Å². The summed E-state index contributed by atoms with van der Waals surface area (Å²) >= 11 is 0. The van der Waals surface area contributed by atoms with Crippen molar-refractivity contribution in [2.45, 2.75) is 92.9 Å². The maximum atomic E-state index is 11.3. The van der Waals surface area contributed by atoms with Crippen LogP contribution in [0, 0.1) is 26.8 Å². The minimum atomic E-state index is 0. The summed E-state index contributed by atoms with van der Waals surface area (Å²) in [6.45, 7) is 20.2. The zero-order valence-corrected chi connectivity index (χ0v) is 45.9. The Balaban J connectivity index is 0.00000588. The average molecular weight is 1150 g/mol. The third-order valence-electron chi connectivity index (χ3n) is 15.3. The largest absolute Gasteiger partial charge is 0.507 e. The first-order chi connectivity index (χ1) is 35.3. The molecule has 3 heterocycles. The van der Waals surface area contributed by atoms with Gasteiger partial charge in [-0.2, -0.15) is 0 Å². The predicted molar refractivity (Wildman–Crippen MR) is 303 cm³/mol. The third-order valence-corrected chi connectivity index (χ3v) is 15.3. The molecule has 0 aliphatic heterocycles. The van der Waals surface area contributed by atoms with Crippen LogP contribution in [0.4, 0.5) is 0 Å². The van der Waals surface area contributed by atoms with Crippen molar-refractivity contribution in [1.82, 2.24) is 14.5 Å². The van der Waals surface area contributed by atoms with Crippen molar-refractivity contribution in [3.63, 3.8) is 0 Å². The number of pyridine rings is 1. The molecule has 12 rings (SSSR count). The van der Waals surface area contributed by atoms with E-state index in [2.05, 4.69) is 212 Å². The van der Waals surface area contributed by atoms with E-state index in [-0.39, 0.29) is 26.8 Å². The van der Waals surface area contributed by atoms with Gasteiger partial charge in [-0.1, -0.05) is 185 Å². The molecule has 1 aliphatic rings. The van der Waals surface area contributed by atoms with Crippen LogP contribution in [0.1, 0.15) is 104 Å². The Kier molecular flexibility index (Phi) is 12.7. The number of furan rings is 1. The summed E-state index contributed by atoms with van der Waals surface area (Å²) in [4.78, 5) is 11.1. The molecule has 0 atom stereocenters. The molecule has 0 bridgehead atoms. The van der Waals surface area contributed by atoms with Crippen molar-refractivity contribution in [2.24, 2.45) is 0 Å². The van der Waals surface area contributed by atoms with Crippen LogP contribution in [0.3, 0.4) is 0 Å². The monoisotopic (exact) mass is 1150 g/mol. The molecule has 5 nitrogen and oxygen atoms in total. The van der Waals surface area contributed by atoms with Crippen LogP contribution in [0.25, 0.3) is 106 Å². The third kappa shape index (κ3) is 8.30. The number of phenols is 1. The summed E-state index contributed by atoms with van der Waals surface area (Å²) in [5.41, 5.74) is 25.0. The van der Waals surface area contributed by atoms with Crippen molar-refractivity contribution < 1.29 is 30.6 Å². The minimum absolute atomic E-state index is 0. The molecule has 6 heteroatoms. The number of aromatic hydroxyl groups is 1. The summed E-state index contributed by atoms with van der Waals surface area (Å²) in [5, 5.41) is 13.4. The molecule has 0 radical (unpaired) electrons. The van der Waals surface area contributed by atoms with E-state index in [9.17, 15) is 5.11 Å². The number of imidazole rings is 1. The van der Waals surface area contributed by atoms with E-state index in [0.29, 0.717) is 17.8 Å². The second kappa shape index (κ2) is 19.2. The van der Waals surface area contributed by atoms with Crippen LogP contribution in [-0.2, 0) is 33.9 Å². The number of phenolic OH excluding ortho intramolecular Hbond substituents is 1. The van der Waals surface area contributed by atoms with Gasteiger partial charge in [0.2, 0.25) is 0 Å². The van der Waals surface area contributed by atoms with Crippen molar-refractivity contribution in [3.05, 3.63) is 202 Å². The minimum Gasteiger partial charge on any atom is -0.507 e. The van der Waals surface area contributed by atoms with Gasteiger partial charge in [0.1, 0.15) is 17.0 Å². The van der Waals surface area contributed by atoms with E-state index in [4.69, 9.17) is 14.4 Å². The molecule has 0 unspecified atom stereocenters. The summed E-state index contributed by atoms with van der Waals surface area (Å²) < 4.78 is 9.37. The van der Waals surface area contributed by atoms with Crippen LogP contribution in [0.15, 0.2) is 156 Å². The fourth-order valence-electron chi connectivity index (χ4n) is 11.4. The van der Waals surface area contributed by atoms with Crippen LogP contribution < -0.4 is 0 Å². The first-order valence-electron chi connectivity index (χ1n) is 26.0. The molecule has 370 valence electrons. The predicted octanol–water partition coefficient (Wildman–Crippen LogP) is 18.2. The van der Waals surface area contributed by atoms with Gasteiger partial charge in [-0.3, -0.25) is 4.57 Å². The molecule has 0 amide bonds. The summed E-state index contributed by atoms with van der Waals surface area (Å²) in [7, 11) is 0. The molecule has 1 aliphatic carbocycles.